The van der Waals surface area contributed by atoms with Crippen molar-refractivity contribution in [2.24, 2.45) is 4.99 Å². The Labute approximate surface area is 127 Å². The van der Waals surface area contributed by atoms with Crippen LogP contribution in [0.15, 0.2) is 23.2 Å². The number of nitrogens with one attached hydrogen (secondary N) is 2. The van der Waals surface area contributed by atoms with Gasteiger partial charge < -0.3 is 20.1 Å². The number of hydrogen-bond acceptors (Lipinski definition) is 3. The predicted molar refractivity (Wildman–Crippen MR) is 87.5 cm³/mol. The maximum Gasteiger partial charge on any atom is 0.191 e. The molecule has 0 saturated carbocycles. The summed E-state index contributed by atoms with van der Waals surface area (Å²) in [4.78, 5) is 4.53. The average Bonchev–Trinajstić information content (AvgIpc) is 2.51. The SMILES string of the molecule is CCNC(=NCCCc1ccc(OC)c(OC)c1)NCC. The highest BCUT2D eigenvalue weighted by Crippen LogP contribution is 2.27. The van der Waals surface area contributed by atoms with Gasteiger partial charge >= 0.3 is 0 Å². The molecule has 5 heteroatoms. The third-order valence-electron chi connectivity index (χ3n) is 3.03. The number of guanidine groups is 1. The maximum absolute atomic E-state index is 5.31. The first-order valence-electron chi connectivity index (χ1n) is 7.48. The summed E-state index contributed by atoms with van der Waals surface area (Å²) in [5.41, 5.74) is 1.23. The van der Waals surface area contributed by atoms with Crippen LogP contribution in [-0.2, 0) is 6.42 Å². The van der Waals surface area contributed by atoms with Gasteiger partial charge in [0.15, 0.2) is 17.5 Å². The van der Waals surface area contributed by atoms with Crippen molar-refractivity contribution < 1.29 is 9.47 Å². The molecule has 0 aromatic heterocycles. The minimum absolute atomic E-state index is 0.765. The van der Waals surface area contributed by atoms with Gasteiger partial charge in [-0.2, -0.15) is 0 Å². The van der Waals surface area contributed by atoms with Gasteiger partial charge in [0.25, 0.3) is 0 Å². The van der Waals surface area contributed by atoms with E-state index in [4.69, 9.17) is 9.47 Å². The van der Waals surface area contributed by atoms with E-state index in [1.807, 2.05) is 12.1 Å². The van der Waals surface area contributed by atoms with E-state index < -0.39 is 0 Å². The summed E-state index contributed by atoms with van der Waals surface area (Å²) < 4.78 is 10.6. The van der Waals surface area contributed by atoms with Crippen molar-refractivity contribution in [3.63, 3.8) is 0 Å². The highest BCUT2D eigenvalue weighted by molar-refractivity contribution is 5.79. The second-order valence-corrected chi connectivity index (χ2v) is 4.58. The van der Waals surface area contributed by atoms with Crippen molar-refractivity contribution in [1.29, 1.82) is 0 Å². The average molecular weight is 293 g/mol. The third kappa shape index (κ3) is 5.94. The summed E-state index contributed by atoms with van der Waals surface area (Å²) in [7, 11) is 3.31. The number of aliphatic imine (C=N–C) groups is 1. The van der Waals surface area contributed by atoms with E-state index in [2.05, 4.69) is 35.5 Å². The molecule has 0 spiro atoms. The number of rotatable bonds is 8. The van der Waals surface area contributed by atoms with Crippen LogP contribution < -0.4 is 20.1 Å². The van der Waals surface area contributed by atoms with Crippen LogP contribution in [0.4, 0.5) is 0 Å². The number of ether oxygens (including phenoxy) is 2. The maximum atomic E-state index is 5.31. The smallest absolute Gasteiger partial charge is 0.191 e. The highest BCUT2D eigenvalue weighted by atomic mass is 16.5. The molecule has 5 nitrogen and oxygen atoms in total. The van der Waals surface area contributed by atoms with Gasteiger partial charge in [0.1, 0.15) is 0 Å². The zero-order valence-electron chi connectivity index (χ0n) is 13.5. The Morgan fingerprint density at radius 2 is 1.71 bits per heavy atom. The lowest BCUT2D eigenvalue weighted by Crippen LogP contribution is -2.37. The Bertz CT molecular complexity index is 439. The number of nitrogens with zero attached hydrogens (tertiary/aromatic N) is 1. The lowest BCUT2D eigenvalue weighted by atomic mass is 10.1. The van der Waals surface area contributed by atoms with Gasteiger partial charge in [-0.3, -0.25) is 4.99 Å². The number of benzene rings is 1. The zero-order chi connectivity index (χ0) is 15.5. The Kier molecular flexibility index (Phi) is 8.09. The van der Waals surface area contributed by atoms with E-state index in [9.17, 15) is 0 Å². The van der Waals surface area contributed by atoms with Gasteiger partial charge in [-0.25, -0.2) is 0 Å². The monoisotopic (exact) mass is 293 g/mol. The third-order valence-corrected chi connectivity index (χ3v) is 3.03. The van der Waals surface area contributed by atoms with Gasteiger partial charge in [0, 0.05) is 19.6 Å². The molecule has 0 amide bonds. The molecule has 0 aliphatic rings. The summed E-state index contributed by atoms with van der Waals surface area (Å²) in [6.07, 6.45) is 1.96. The minimum atomic E-state index is 0.765. The molecule has 0 saturated heterocycles. The minimum Gasteiger partial charge on any atom is -0.493 e. The number of methoxy groups -OCH3 is 2. The van der Waals surface area contributed by atoms with Crippen molar-refractivity contribution >= 4 is 5.96 Å². The summed E-state index contributed by atoms with van der Waals surface area (Å²) >= 11 is 0. The molecule has 118 valence electrons. The molecular formula is C16H27N3O2. The van der Waals surface area contributed by atoms with Crippen molar-refractivity contribution in [2.75, 3.05) is 33.9 Å². The molecule has 1 aromatic carbocycles. The van der Waals surface area contributed by atoms with Gasteiger partial charge in [-0.15, -0.1) is 0 Å². The lowest BCUT2D eigenvalue weighted by Gasteiger charge is -2.10. The van der Waals surface area contributed by atoms with Gasteiger partial charge in [-0.1, -0.05) is 6.07 Å². The topological polar surface area (TPSA) is 54.9 Å². The molecule has 0 radical (unpaired) electrons. The van der Waals surface area contributed by atoms with Gasteiger partial charge in [0.2, 0.25) is 0 Å². The normalized spacial score (nSPS) is 9.90. The summed E-state index contributed by atoms with van der Waals surface area (Å²) in [6, 6.07) is 6.04. The van der Waals surface area contributed by atoms with E-state index in [1.165, 1.54) is 5.56 Å². The standard InChI is InChI=1S/C16H27N3O2/c1-5-17-16(18-6-2)19-11-7-8-13-9-10-14(20-3)15(12-13)21-4/h9-10,12H,5-8,11H2,1-4H3,(H2,17,18,19). The van der Waals surface area contributed by atoms with Crippen molar-refractivity contribution in [1.82, 2.24) is 10.6 Å². The lowest BCUT2D eigenvalue weighted by molar-refractivity contribution is 0.354. The van der Waals surface area contributed by atoms with Crippen molar-refractivity contribution in [2.45, 2.75) is 26.7 Å². The van der Waals surface area contributed by atoms with Gasteiger partial charge in [0.05, 0.1) is 14.2 Å². The van der Waals surface area contributed by atoms with E-state index in [1.54, 1.807) is 14.2 Å². The van der Waals surface area contributed by atoms with E-state index in [0.717, 1.165) is 49.9 Å². The van der Waals surface area contributed by atoms with Crippen LogP contribution in [0, 0.1) is 0 Å². The molecule has 0 aliphatic heterocycles. The Hall–Kier alpha value is -1.91. The first kappa shape index (κ1) is 17.1. The molecule has 0 aliphatic carbocycles. The van der Waals surface area contributed by atoms with Crippen LogP contribution >= 0.6 is 0 Å². The Balaban J connectivity index is 2.49. The summed E-state index contributed by atoms with van der Waals surface area (Å²) in [6.45, 7) is 6.68. The van der Waals surface area contributed by atoms with Crippen molar-refractivity contribution in [3.8, 4) is 11.5 Å². The fourth-order valence-corrected chi connectivity index (χ4v) is 2.02. The van der Waals surface area contributed by atoms with E-state index in [0.29, 0.717) is 0 Å². The number of hydrogen-bond donors (Lipinski definition) is 2. The van der Waals surface area contributed by atoms with E-state index >= 15 is 0 Å². The first-order valence-corrected chi connectivity index (χ1v) is 7.48. The van der Waals surface area contributed by atoms with Crippen LogP contribution in [0.1, 0.15) is 25.8 Å². The molecule has 0 bridgehead atoms. The molecule has 0 heterocycles. The molecule has 1 rings (SSSR count). The van der Waals surface area contributed by atoms with Crippen LogP contribution in [0.3, 0.4) is 0 Å². The zero-order valence-corrected chi connectivity index (χ0v) is 13.5. The summed E-state index contributed by atoms with van der Waals surface area (Å²) in [5.74, 6) is 2.42. The van der Waals surface area contributed by atoms with Crippen molar-refractivity contribution in [3.05, 3.63) is 23.8 Å². The van der Waals surface area contributed by atoms with Crippen LogP contribution in [0.5, 0.6) is 11.5 Å². The number of aryl methyl sites for hydroxylation is 1. The Morgan fingerprint density at radius 3 is 2.29 bits per heavy atom. The molecule has 21 heavy (non-hydrogen) atoms. The molecular weight excluding hydrogens is 266 g/mol. The molecule has 0 atom stereocenters. The van der Waals surface area contributed by atoms with Crippen LogP contribution in [0.2, 0.25) is 0 Å². The second kappa shape index (κ2) is 9.91. The molecule has 2 N–H and O–H groups in total. The fraction of sp³-hybridized carbons (Fsp3) is 0.562. The summed E-state index contributed by atoms with van der Waals surface area (Å²) in [5, 5.41) is 6.44. The van der Waals surface area contributed by atoms with Gasteiger partial charge in [-0.05, 0) is 44.4 Å². The molecule has 0 unspecified atom stereocenters. The fourth-order valence-electron chi connectivity index (χ4n) is 2.02. The van der Waals surface area contributed by atoms with Crippen LogP contribution in [0.25, 0.3) is 0 Å². The largest absolute Gasteiger partial charge is 0.493 e. The second-order valence-electron chi connectivity index (χ2n) is 4.58. The molecule has 1 aromatic rings. The Morgan fingerprint density at radius 1 is 1.05 bits per heavy atom. The predicted octanol–water partition coefficient (Wildman–Crippen LogP) is 2.21. The van der Waals surface area contributed by atoms with E-state index in [-0.39, 0.29) is 0 Å². The quantitative estimate of drug-likeness (QED) is 0.438. The first-order chi connectivity index (χ1) is 10.2. The highest BCUT2D eigenvalue weighted by Gasteiger charge is 2.04. The van der Waals surface area contributed by atoms with Crippen LogP contribution in [-0.4, -0.2) is 39.8 Å². The molecule has 0 fully saturated rings.